The van der Waals surface area contributed by atoms with Crippen molar-refractivity contribution in [3.05, 3.63) is 29.8 Å². The molecule has 1 rings (SSSR count). The second-order valence-corrected chi connectivity index (χ2v) is 3.90. The van der Waals surface area contributed by atoms with Gasteiger partial charge in [-0.25, -0.2) is 4.79 Å². The fourth-order valence-corrected chi connectivity index (χ4v) is 1.36. The number of aromatic hydroxyl groups is 1. The minimum absolute atomic E-state index is 0.174. The standard InChI is InChI=1S/C15H18O4/c1-3-5-6-7-14(18-19-15(17)4-2)12-8-10-13(16)11-9-12/h8-11,14,16H,3-4,7H2,1-2H3. The molecule has 0 aliphatic rings. The molecule has 1 aromatic carbocycles. The third kappa shape index (κ3) is 5.45. The summed E-state index contributed by atoms with van der Waals surface area (Å²) in [6.07, 6.45) is 0.991. The van der Waals surface area contributed by atoms with Crippen LogP contribution in [0.3, 0.4) is 0 Å². The highest BCUT2D eigenvalue weighted by Gasteiger charge is 2.14. The third-order valence-corrected chi connectivity index (χ3v) is 2.40. The topological polar surface area (TPSA) is 55.8 Å². The van der Waals surface area contributed by atoms with Gasteiger partial charge in [-0.1, -0.05) is 26.0 Å². The first kappa shape index (κ1) is 15.1. The zero-order valence-corrected chi connectivity index (χ0v) is 11.2. The largest absolute Gasteiger partial charge is 0.508 e. The average Bonchev–Trinajstić information content (AvgIpc) is 2.43. The van der Waals surface area contributed by atoms with E-state index >= 15 is 0 Å². The maximum absolute atomic E-state index is 11.1. The quantitative estimate of drug-likeness (QED) is 0.503. The lowest BCUT2D eigenvalue weighted by Gasteiger charge is -2.13. The first-order chi connectivity index (χ1) is 9.17. The molecule has 1 aromatic rings. The van der Waals surface area contributed by atoms with Gasteiger partial charge in [0.05, 0.1) is 0 Å². The molecule has 4 nitrogen and oxygen atoms in total. The second-order valence-electron chi connectivity index (χ2n) is 3.90. The van der Waals surface area contributed by atoms with Gasteiger partial charge in [-0.15, -0.1) is 11.8 Å². The molecular formula is C15H18O4. The van der Waals surface area contributed by atoms with Gasteiger partial charge >= 0.3 is 5.97 Å². The molecule has 0 aromatic heterocycles. The Kier molecular flexibility index (Phi) is 6.48. The van der Waals surface area contributed by atoms with Crippen molar-refractivity contribution in [2.24, 2.45) is 0 Å². The summed E-state index contributed by atoms with van der Waals surface area (Å²) in [5.41, 5.74) is 0.798. The summed E-state index contributed by atoms with van der Waals surface area (Å²) in [6, 6.07) is 6.54. The van der Waals surface area contributed by atoms with Crippen molar-refractivity contribution in [1.82, 2.24) is 0 Å². The summed E-state index contributed by atoms with van der Waals surface area (Å²) in [5.74, 6) is 5.65. The minimum Gasteiger partial charge on any atom is -0.508 e. The molecule has 0 heterocycles. The molecule has 0 fully saturated rings. The van der Waals surface area contributed by atoms with Gasteiger partial charge in [0, 0.05) is 19.3 Å². The number of phenols is 1. The minimum atomic E-state index is -0.449. The smallest absolute Gasteiger partial charge is 0.342 e. The van der Waals surface area contributed by atoms with E-state index in [1.165, 1.54) is 0 Å². The fraction of sp³-hybridized carbons (Fsp3) is 0.400. The van der Waals surface area contributed by atoms with Crippen LogP contribution >= 0.6 is 0 Å². The summed E-state index contributed by atoms with van der Waals surface area (Å²) in [5, 5.41) is 9.25. The van der Waals surface area contributed by atoms with E-state index in [0.717, 1.165) is 12.0 Å². The van der Waals surface area contributed by atoms with Crippen LogP contribution in [-0.2, 0) is 14.6 Å². The van der Waals surface area contributed by atoms with Gasteiger partial charge in [0.2, 0.25) is 0 Å². The molecule has 4 heteroatoms. The van der Waals surface area contributed by atoms with E-state index in [1.54, 1.807) is 31.2 Å². The maximum atomic E-state index is 11.1. The van der Waals surface area contributed by atoms with E-state index < -0.39 is 12.1 Å². The Bertz CT molecular complexity index is 453. The molecule has 0 amide bonds. The fourth-order valence-electron chi connectivity index (χ4n) is 1.36. The van der Waals surface area contributed by atoms with Crippen molar-refractivity contribution in [2.75, 3.05) is 0 Å². The number of hydrogen-bond acceptors (Lipinski definition) is 4. The van der Waals surface area contributed by atoms with Crippen LogP contribution in [0.15, 0.2) is 24.3 Å². The summed E-state index contributed by atoms with van der Waals surface area (Å²) in [6.45, 7) is 3.65. The van der Waals surface area contributed by atoms with Gasteiger partial charge in [-0.2, -0.15) is 4.89 Å². The SMILES string of the molecule is CCC#CCC(OOC(=O)CC)c1ccc(O)cc1. The van der Waals surface area contributed by atoms with Gasteiger partial charge in [-0.05, 0) is 17.7 Å². The number of carbonyl (C=O) groups is 1. The first-order valence-corrected chi connectivity index (χ1v) is 6.28. The molecule has 0 bridgehead atoms. The van der Waals surface area contributed by atoms with Crippen molar-refractivity contribution < 1.29 is 19.7 Å². The highest BCUT2D eigenvalue weighted by atomic mass is 17.2. The van der Waals surface area contributed by atoms with Crippen LogP contribution < -0.4 is 0 Å². The molecule has 0 aliphatic heterocycles. The Morgan fingerprint density at radius 2 is 1.95 bits per heavy atom. The summed E-state index contributed by atoms with van der Waals surface area (Å²) in [4.78, 5) is 20.9. The molecular weight excluding hydrogens is 244 g/mol. The van der Waals surface area contributed by atoms with Crippen LogP contribution in [-0.4, -0.2) is 11.1 Å². The molecule has 0 spiro atoms. The summed E-state index contributed by atoms with van der Waals surface area (Å²) < 4.78 is 0. The number of hydrogen-bond donors (Lipinski definition) is 1. The van der Waals surface area contributed by atoms with E-state index in [2.05, 4.69) is 11.8 Å². The van der Waals surface area contributed by atoms with Crippen molar-refractivity contribution in [3.63, 3.8) is 0 Å². The van der Waals surface area contributed by atoms with Crippen molar-refractivity contribution in [2.45, 2.75) is 39.2 Å². The van der Waals surface area contributed by atoms with E-state index in [4.69, 9.17) is 9.78 Å². The van der Waals surface area contributed by atoms with E-state index in [1.807, 2.05) is 6.92 Å². The predicted molar refractivity (Wildman–Crippen MR) is 71.0 cm³/mol. The molecule has 0 saturated carbocycles. The zero-order chi connectivity index (χ0) is 14.1. The average molecular weight is 262 g/mol. The Hall–Kier alpha value is -1.99. The van der Waals surface area contributed by atoms with E-state index in [0.29, 0.717) is 6.42 Å². The van der Waals surface area contributed by atoms with Crippen molar-refractivity contribution in [1.29, 1.82) is 0 Å². The van der Waals surface area contributed by atoms with Gasteiger partial charge < -0.3 is 5.11 Å². The van der Waals surface area contributed by atoms with Gasteiger partial charge in [0.25, 0.3) is 0 Å². The van der Waals surface area contributed by atoms with Crippen LogP contribution in [0.5, 0.6) is 5.75 Å². The lowest BCUT2D eigenvalue weighted by Crippen LogP contribution is -2.09. The Balaban J connectivity index is 2.73. The number of phenolic OH excluding ortho intramolecular Hbond substituents is 1. The first-order valence-electron chi connectivity index (χ1n) is 6.28. The monoisotopic (exact) mass is 262 g/mol. The molecule has 0 aliphatic carbocycles. The molecule has 1 unspecified atom stereocenters. The molecule has 19 heavy (non-hydrogen) atoms. The van der Waals surface area contributed by atoms with E-state index in [-0.39, 0.29) is 12.2 Å². The number of carbonyl (C=O) groups excluding carboxylic acids is 1. The Morgan fingerprint density at radius 1 is 1.26 bits per heavy atom. The maximum Gasteiger partial charge on any atom is 0.342 e. The lowest BCUT2D eigenvalue weighted by molar-refractivity contribution is -0.299. The Labute approximate surface area is 113 Å². The van der Waals surface area contributed by atoms with Crippen LogP contribution in [0.25, 0.3) is 0 Å². The van der Waals surface area contributed by atoms with Gasteiger partial charge in [0.1, 0.15) is 11.9 Å². The Morgan fingerprint density at radius 3 is 2.53 bits per heavy atom. The van der Waals surface area contributed by atoms with Crippen LogP contribution in [0.2, 0.25) is 0 Å². The normalized spacial score (nSPS) is 11.3. The molecule has 0 radical (unpaired) electrons. The van der Waals surface area contributed by atoms with Crippen molar-refractivity contribution >= 4 is 5.97 Å². The van der Waals surface area contributed by atoms with E-state index in [9.17, 15) is 9.90 Å². The van der Waals surface area contributed by atoms with Crippen LogP contribution in [0.4, 0.5) is 0 Å². The van der Waals surface area contributed by atoms with Gasteiger partial charge in [-0.3, -0.25) is 4.89 Å². The third-order valence-electron chi connectivity index (χ3n) is 2.40. The number of rotatable bonds is 5. The highest BCUT2D eigenvalue weighted by molar-refractivity contribution is 5.68. The molecule has 102 valence electrons. The molecule has 0 saturated heterocycles. The molecule has 1 atom stereocenters. The zero-order valence-electron chi connectivity index (χ0n) is 11.2. The van der Waals surface area contributed by atoms with Crippen molar-refractivity contribution in [3.8, 4) is 17.6 Å². The molecule has 1 N–H and O–H groups in total. The summed E-state index contributed by atoms with van der Waals surface area (Å²) >= 11 is 0. The highest BCUT2D eigenvalue weighted by Crippen LogP contribution is 2.23. The second kappa shape index (κ2) is 8.17. The lowest BCUT2D eigenvalue weighted by atomic mass is 10.1. The van der Waals surface area contributed by atoms with Crippen LogP contribution in [0, 0.1) is 11.8 Å². The van der Waals surface area contributed by atoms with Crippen LogP contribution in [0.1, 0.15) is 44.8 Å². The summed E-state index contributed by atoms with van der Waals surface area (Å²) in [7, 11) is 0. The van der Waals surface area contributed by atoms with Gasteiger partial charge in [0.15, 0.2) is 0 Å². The predicted octanol–water partition coefficient (Wildman–Crippen LogP) is 3.12. The number of benzene rings is 1.